The highest BCUT2D eigenvalue weighted by molar-refractivity contribution is 5.93. The van der Waals surface area contributed by atoms with Crippen LogP contribution in [-0.2, 0) is 9.47 Å². The number of esters is 1. The van der Waals surface area contributed by atoms with Gasteiger partial charge in [0, 0.05) is 12.8 Å². The van der Waals surface area contributed by atoms with Crippen molar-refractivity contribution in [3.63, 3.8) is 0 Å². The fraction of sp³-hybridized carbons (Fsp3) is 0.417. The molecule has 0 aliphatic rings. The van der Waals surface area contributed by atoms with Crippen LogP contribution in [0.5, 0.6) is 5.75 Å². The Balaban J connectivity index is 2.83. The molecular weight excluding hydrogens is 222 g/mol. The minimum atomic E-state index is -0.473. The van der Waals surface area contributed by atoms with Crippen LogP contribution in [0.4, 0.5) is 5.69 Å². The molecule has 1 aromatic carbocycles. The third-order valence-electron chi connectivity index (χ3n) is 2.15. The highest BCUT2D eigenvalue weighted by Gasteiger charge is 2.16. The summed E-state index contributed by atoms with van der Waals surface area (Å²) in [5.74, 6) is -0.0347. The molecule has 2 N–H and O–H groups in total. The van der Waals surface area contributed by atoms with Crippen LogP contribution >= 0.6 is 0 Å². The first-order valence-electron chi connectivity index (χ1n) is 5.22. The molecule has 0 aliphatic heterocycles. The lowest BCUT2D eigenvalue weighted by Crippen LogP contribution is -2.20. The molecule has 0 saturated heterocycles. The first-order chi connectivity index (χ1) is 8.08. The average Bonchev–Trinajstić information content (AvgIpc) is 2.29. The van der Waals surface area contributed by atoms with Gasteiger partial charge in [0.05, 0.1) is 13.7 Å². The summed E-state index contributed by atoms with van der Waals surface area (Å²) in [4.78, 5) is 11.8. The molecule has 1 atom stereocenters. The van der Waals surface area contributed by atoms with Gasteiger partial charge in [0.15, 0.2) is 0 Å². The Morgan fingerprint density at radius 2 is 2.12 bits per heavy atom. The maximum absolute atomic E-state index is 11.8. The number of methoxy groups -OCH3 is 2. The second-order valence-corrected chi connectivity index (χ2v) is 3.63. The molecular formula is C12H17NO4. The van der Waals surface area contributed by atoms with E-state index in [1.165, 1.54) is 13.2 Å². The molecule has 0 radical (unpaired) electrons. The zero-order chi connectivity index (χ0) is 12.8. The number of rotatable bonds is 5. The zero-order valence-corrected chi connectivity index (χ0v) is 10.2. The Kier molecular flexibility index (Phi) is 4.78. The standard InChI is InChI=1S/C12H17NO4/c1-8(7-15-2)17-12(14)10-6-9(13)4-5-11(10)16-3/h4-6,8H,7,13H2,1-3H3/t8-/m1/s1. The Morgan fingerprint density at radius 3 is 2.71 bits per heavy atom. The number of nitrogen functional groups attached to an aromatic ring is 1. The van der Waals surface area contributed by atoms with E-state index >= 15 is 0 Å². The van der Waals surface area contributed by atoms with Crippen molar-refractivity contribution in [1.82, 2.24) is 0 Å². The molecule has 0 spiro atoms. The van der Waals surface area contributed by atoms with E-state index in [0.29, 0.717) is 23.6 Å². The molecule has 0 unspecified atom stereocenters. The third-order valence-corrected chi connectivity index (χ3v) is 2.15. The van der Waals surface area contributed by atoms with Crippen LogP contribution in [0, 0.1) is 0 Å². The van der Waals surface area contributed by atoms with Gasteiger partial charge in [0.2, 0.25) is 0 Å². The van der Waals surface area contributed by atoms with Gasteiger partial charge in [-0.1, -0.05) is 0 Å². The summed E-state index contributed by atoms with van der Waals surface area (Å²) < 4.78 is 15.1. The maximum atomic E-state index is 11.8. The number of carbonyl (C=O) groups is 1. The second kappa shape index (κ2) is 6.10. The Bertz CT molecular complexity index is 392. The summed E-state index contributed by atoms with van der Waals surface area (Å²) in [6.07, 6.45) is -0.321. The first-order valence-corrected chi connectivity index (χ1v) is 5.22. The molecule has 0 saturated carbocycles. The van der Waals surface area contributed by atoms with E-state index in [1.807, 2.05) is 0 Å². The van der Waals surface area contributed by atoms with Gasteiger partial charge in [0.1, 0.15) is 17.4 Å². The van der Waals surface area contributed by atoms with E-state index in [2.05, 4.69) is 0 Å². The predicted molar refractivity (Wildman–Crippen MR) is 64.2 cm³/mol. The molecule has 0 amide bonds. The fourth-order valence-corrected chi connectivity index (χ4v) is 1.40. The Hall–Kier alpha value is -1.75. The number of ether oxygens (including phenoxy) is 3. The smallest absolute Gasteiger partial charge is 0.342 e. The summed E-state index contributed by atoms with van der Waals surface area (Å²) >= 11 is 0. The van der Waals surface area contributed by atoms with E-state index in [0.717, 1.165) is 0 Å². The van der Waals surface area contributed by atoms with Crippen molar-refractivity contribution in [1.29, 1.82) is 0 Å². The zero-order valence-electron chi connectivity index (χ0n) is 10.2. The summed E-state index contributed by atoms with van der Waals surface area (Å²) in [5.41, 5.74) is 6.42. The van der Waals surface area contributed by atoms with E-state index in [4.69, 9.17) is 19.9 Å². The van der Waals surface area contributed by atoms with Crippen molar-refractivity contribution in [2.24, 2.45) is 0 Å². The first kappa shape index (κ1) is 13.3. The van der Waals surface area contributed by atoms with Gasteiger partial charge < -0.3 is 19.9 Å². The lowest BCUT2D eigenvalue weighted by atomic mass is 10.2. The number of benzene rings is 1. The highest BCUT2D eigenvalue weighted by atomic mass is 16.6. The van der Waals surface area contributed by atoms with Crippen molar-refractivity contribution in [2.45, 2.75) is 13.0 Å². The maximum Gasteiger partial charge on any atom is 0.342 e. The third kappa shape index (κ3) is 3.64. The molecule has 5 heteroatoms. The van der Waals surface area contributed by atoms with Crippen LogP contribution in [-0.4, -0.2) is 32.9 Å². The van der Waals surface area contributed by atoms with E-state index in [-0.39, 0.29) is 6.10 Å². The molecule has 0 heterocycles. The molecule has 94 valence electrons. The van der Waals surface area contributed by atoms with Crippen molar-refractivity contribution < 1.29 is 19.0 Å². The molecule has 1 aromatic rings. The lowest BCUT2D eigenvalue weighted by Gasteiger charge is -2.14. The van der Waals surface area contributed by atoms with Crippen LogP contribution in [0.15, 0.2) is 18.2 Å². The Labute approximate surface area is 100 Å². The monoisotopic (exact) mass is 239 g/mol. The van der Waals surface area contributed by atoms with Gasteiger partial charge in [-0.2, -0.15) is 0 Å². The van der Waals surface area contributed by atoms with Crippen molar-refractivity contribution >= 4 is 11.7 Å². The molecule has 0 bridgehead atoms. The number of hydrogen-bond acceptors (Lipinski definition) is 5. The van der Waals surface area contributed by atoms with Crippen LogP contribution < -0.4 is 10.5 Å². The van der Waals surface area contributed by atoms with E-state index in [9.17, 15) is 4.79 Å². The van der Waals surface area contributed by atoms with Gasteiger partial charge in [-0.3, -0.25) is 0 Å². The number of hydrogen-bond donors (Lipinski definition) is 1. The van der Waals surface area contributed by atoms with E-state index in [1.54, 1.807) is 26.2 Å². The molecule has 17 heavy (non-hydrogen) atoms. The van der Waals surface area contributed by atoms with Gasteiger partial charge in [-0.25, -0.2) is 4.79 Å². The van der Waals surface area contributed by atoms with E-state index < -0.39 is 5.97 Å². The van der Waals surface area contributed by atoms with Crippen molar-refractivity contribution in [3.8, 4) is 5.75 Å². The summed E-state index contributed by atoms with van der Waals surface area (Å²) in [7, 11) is 3.03. The largest absolute Gasteiger partial charge is 0.496 e. The van der Waals surface area contributed by atoms with Crippen LogP contribution in [0.2, 0.25) is 0 Å². The molecule has 1 rings (SSSR count). The lowest BCUT2D eigenvalue weighted by molar-refractivity contribution is 0.0117. The molecule has 5 nitrogen and oxygen atoms in total. The topological polar surface area (TPSA) is 70.8 Å². The summed E-state index contributed by atoms with van der Waals surface area (Å²) in [5, 5.41) is 0. The predicted octanol–water partition coefficient (Wildman–Crippen LogP) is 1.47. The molecule has 0 aliphatic carbocycles. The normalized spacial score (nSPS) is 11.9. The van der Waals surface area contributed by atoms with Gasteiger partial charge in [-0.05, 0) is 25.1 Å². The van der Waals surface area contributed by atoms with Gasteiger partial charge in [0.25, 0.3) is 0 Å². The number of carbonyl (C=O) groups excluding carboxylic acids is 1. The van der Waals surface area contributed by atoms with Crippen LogP contribution in [0.25, 0.3) is 0 Å². The fourth-order valence-electron chi connectivity index (χ4n) is 1.40. The highest BCUT2D eigenvalue weighted by Crippen LogP contribution is 2.22. The minimum Gasteiger partial charge on any atom is -0.496 e. The van der Waals surface area contributed by atoms with Gasteiger partial charge >= 0.3 is 5.97 Å². The van der Waals surface area contributed by atoms with Crippen molar-refractivity contribution in [2.75, 3.05) is 26.6 Å². The quantitative estimate of drug-likeness (QED) is 0.622. The average molecular weight is 239 g/mol. The van der Waals surface area contributed by atoms with Crippen molar-refractivity contribution in [3.05, 3.63) is 23.8 Å². The van der Waals surface area contributed by atoms with Crippen LogP contribution in [0.1, 0.15) is 17.3 Å². The second-order valence-electron chi connectivity index (χ2n) is 3.63. The number of anilines is 1. The molecule has 0 aromatic heterocycles. The molecule has 0 fully saturated rings. The Morgan fingerprint density at radius 1 is 1.41 bits per heavy atom. The summed E-state index contributed by atoms with van der Waals surface area (Å²) in [6.45, 7) is 2.09. The van der Waals surface area contributed by atoms with Crippen LogP contribution in [0.3, 0.4) is 0 Å². The summed E-state index contributed by atoms with van der Waals surface area (Å²) in [6, 6.07) is 4.82. The minimum absolute atomic E-state index is 0.315. The number of nitrogens with two attached hydrogens (primary N) is 1. The van der Waals surface area contributed by atoms with Gasteiger partial charge in [-0.15, -0.1) is 0 Å². The SMILES string of the molecule is COC[C@@H](C)OC(=O)c1cc(N)ccc1OC.